The second-order valence-corrected chi connectivity index (χ2v) is 9.63. The molecule has 184 valence electrons. The van der Waals surface area contributed by atoms with E-state index in [-0.39, 0.29) is 17.9 Å². The van der Waals surface area contributed by atoms with E-state index in [4.69, 9.17) is 4.74 Å². The minimum Gasteiger partial charge on any atom is -0.483 e. The molecule has 4 aromatic rings. The van der Waals surface area contributed by atoms with Gasteiger partial charge in [0, 0.05) is 20.9 Å². The summed E-state index contributed by atoms with van der Waals surface area (Å²) in [6.07, 6.45) is 2.84. The van der Waals surface area contributed by atoms with Crippen molar-refractivity contribution >= 4 is 60.6 Å². The normalized spacial score (nSPS) is 11.2. The number of carbonyl (C=O) groups is 1. The molecule has 3 aromatic carbocycles. The number of amides is 1. The van der Waals surface area contributed by atoms with Crippen LogP contribution in [0.2, 0.25) is 0 Å². The topological polar surface area (TPSA) is 85.6 Å². The quantitative estimate of drug-likeness (QED) is 0.250. The molecule has 0 fully saturated rings. The highest BCUT2D eigenvalue weighted by Gasteiger charge is 2.12. The number of fused-ring (bicyclic) bond motifs is 1. The average molecular weight is 616 g/mol. The van der Waals surface area contributed by atoms with E-state index in [2.05, 4.69) is 47.3 Å². The lowest BCUT2D eigenvalue weighted by Gasteiger charge is -2.11. The van der Waals surface area contributed by atoms with E-state index in [1.54, 1.807) is 36.4 Å². The van der Waals surface area contributed by atoms with Gasteiger partial charge in [-0.25, -0.2) is 9.37 Å². The van der Waals surface area contributed by atoms with Crippen molar-refractivity contribution in [1.29, 1.82) is 0 Å². The van der Waals surface area contributed by atoms with Crippen molar-refractivity contribution in [2.24, 2.45) is 5.10 Å². The number of ether oxygens (including phenoxy) is 1. The van der Waals surface area contributed by atoms with Crippen molar-refractivity contribution in [3.8, 4) is 5.75 Å². The molecule has 0 radical (unpaired) electrons. The van der Waals surface area contributed by atoms with E-state index in [1.165, 1.54) is 29.1 Å². The molecular weight excluding hydrogens is 595 g/mol. The number of nitrogens with zero attached hydrogens (tertiary/aromatic N) is 3. The maximum Gasteiger partial charge on any atom is 0.282 e. The maximum atomic E-state index is 13.8. The number of carbonyl (C=O) groups excluding carboxylic acids is 1. The fourth-order valence-corrected chi connectivity index (χ4v) is 4.20. The van der Waals surface area contributed by atoms with Gasteiger partial charge in [0.2, 0.25) is 0 Å². The summed E-state index contributed by atoms with van der Waals surface area (Å²) in [5.41, 5.74) is 0.918. The first kappa shape index (κ1) is 25.7. The number of nitrogens with one attached hydrogen (secondary N) is 1. The standard InChI is InChI=1S/C26H21Br2FN4O3/c1-2-5-24-31-21-10-8-18(28)13-19(21)26(35)33(24)30-14-16-12-17(27)9-11-23(16)36-15-25(34)32-22-7-4-3-6-20(22)29/h3-4,6-14H,2,5,15H2,1H3,(H,32,34). The summed E-state index contributed by atoms with van der Waals surface area (Å²) in [5.74, 6) is -0.147. The third-order valence-electron chi connectivity index (χ3n) is 5.14. The van der Waals surface area contributed by atoms with Crippen LogP contribution in [0, 0.1) is 5.82 Å². The Morgan fingerprint density at radius 1 is 1.14 bits per heavy atom. The molecule has 1 amide bonds. The lowest BCUT2D eigenvalue weighted by Crippen LogP contribution is -2.22. The van der Waals surface area contributed by atoms with Gasteiger partial charge in [0.05, 0.1) is 22.8 Å². The van der Waals surface area contributed by atoms with Crippen LogP contribution in [0.3, 0.4) is 0 Å². The number of halogens is 3. The molecule has 0 atom stereocenters. The molecule has 1 N–H and O–H groups in total. The van der Waals surface area contributed by atoms with Crippen molar-refractivity contribution < 1.29 is 13.9 Å². The van der Waals surface area contributed by atoms with Gasteiger partial charge >= 0.3 is 0 Å². The molecule has 0 aliphatic rings. The summed E-state index contributed by atoms with van der Waals surface area (Å²) < 4.78 is 22.3. The van der Waals surface area contributed by atoms with E-state index in [1.807, 2.05) is 13.0 Å². The highest BCUT2D eigenvalue weighted by molar-refractivity contribution is 9.10. The fraction of sp³-hybridized carbons (Fsp3) is 0.154. The molecule has 0 spiro atoms. The van der Waals surface area contributed by atoms with E-state index in [0.717, 1.165) is 15.4 Å². The number of rotatable bonds is 8. The van der Waals surface area contributed by atoms with E-state index >= 15 is 0 Å². The number of benzene rings is 3. The first-order valence-corrected chi connectivity index (χ1v) is 12.7. The van der Waals surface area contributed by atoms with Crippen molar-refractivity contribution in [3.63, 3.8) is 0 Å². The first-order chi connectivity index (χ1) is 17.4. The lowest BCUT2D eigenvalue weighted by molar-refractivity contribution is -0.118. The van der Waals surface area contributed by atoms with Crippen LogP contribution in [0.1, 0.15) is 24.7 Å². The Morgan fingerprint density at radius 2 is 1.89 bits per heavy atom. The van der Waals surface area contributed by atoms with Gasteiger partial charge in [0.1, 0.15) is 17.4 Å². The summed E-state index contributed by atoms with van der Waals surface area (Å²) in [6.45, 7) is 1.65. The molecule has 0 aliphatic carbocycles. The van der Waals surface area contributed by atoms with Crippen LogP contribution < -0.4 is 15.6 Å². The van der Waals surface area contributed by atoms with Crippen molar-refractivity contribution in [1.82, 2.24) is 9.66 Å². The molecule has 10 heteroatoms. The SMILES string of the molecule is CCCc1nc2ccc(Br)cc2c(=O)n1N=Cc1cc(Br)ccc1OCC(=O)Nc1ccccc1F. The number of hydrogen-bond acceptors (Lipinski definition) is 5. The van der Waals surface area contributed by atoms with Crippen LogP contribution >= 0.6 is 31.9 Å². The number of aromatic nitrogens is 2. The van der Waals surface area contributed by atoms with Gasteiger partial charge in [-0.15, -0.1) is 0 Å². The molecule has 0 unspecified atom stereocenters. The number of aryl methyl sites for hydroxylation is 1. The van der Waals surface area contributed by atoms with Gasteiger partial charge in [-0.2, -0.15) is 9.78 Å². The van der Waals surface area contributed by atoms with E-state index in [0.29, 0.717) is 34.5 Å². The van der Waals surface area contributed by atoms with Crippen LogP contribution in [0.25, 0.3) is 10.9 Å². The summed E-state index contributed by atoms with van der Waals surface area (Å²) >= 11 is 6.82. The molecule has 4 rings (SSSR count). The molecule has 1 aromatic heterocycles. The Morgan fingerprint density at radius 3 is 2.67 bits per heavy atom. The van der Waals surface area contributed by atoms with Crippen molar-refractivity contribution in [3.05, 3.63) is 97.2 Å². The Hall–Kier alpha value is -3.37. The monoisotopic (exact) mass is 614 g/mol. The number of hydrogen-bond donors (Lipinski definition) is 1. The summed E-state index contributed by atoms with van der Waals surface area (Å²) in [6, 6.07) is 16.4. The molecule has 0 bridgehead atoms. The molecule has 0 saturated heterocycles. The molecule has 7 nitrogen and oxygen atoms in total. The average Bonchev–Trinajstić information content (AvgIpc) is 2.85. The van der Waals surface area contributed by atoms with Crippen LogP contribution in [0.15, 0.2) is 79.5 Å². The minimum absolute atomic E-state index is 0.0713. The molecule has 36 heavy (non-hydrogen) atoms. The maximum absolute atomic E-state index is 13.8. The van der Waals surface area contributed by atoms with Gasteiger partial charge in [0.15, 0.2) is 6.61 Å². The minimum atomic E-state index is -0.535. The third-order valence-corrected chi connectivity index (χ3v) is 6.13. The Bertz CT molecular complexity index is 1520. The van der Waals surface area contributed by atoms with Gasteiger partial charge in [0.25, 0.3) is 11.5 Å². The van der Waals surface area contributed by atoms with Gasteiger partial charge in [-0.3, -0.25) is 9.59 Å². The van der Waals surface area contributed by atoms with Gasteiger partial charge in [-0.05, 0) is 55.0 Å². The van der Waals surface area contributed by atoms with Crippen LogP contribution in [0.4, 0.5) is 10.1 Å². The summed E-state index contributed by atoms with van der Waals surface area (Å²) in [4.78, 5) is 30.2. The van der Waals surface area contributed by atoms with Crippen molar-refractivity contribution in [2.75, 3.05) is 11.9 Å². The smallest absolute Gasteiger partial charge is 0.282 e. The third kappa shape index (κ3) is 6.06. The van der Waals surface area contributed by atoms with Gasteiger partial charge in [-0.1, -0.05) is 50.9 Å². The Labute approximate surface area is 223 Å². The highest BCUT2D eigenvalue weighted by Crippen LogP contribution is 2.23. The molecule has 1 heterocycles. The predicted molar refractivity (Wildman–Crippen MR) is 145 cm³/mol. The second-order valence-electron chi connectivity index (χ2n) is 7.80. The number of anilines is 1. The zero-order valence-electron chi connectivity index (χ0n) is 19.2. The van der Waals surface area contributed by atoms with E-state index in [9.17, 15) is 14.0 Å². The first-order valence-electron chi connectivity index (χ1n) is 11.1. The van der Waals surface area contributed by atoms with Gasteiger partial charge < -0.3 is 10.1 Å². The Balaban J connectivity index is 1.61. The largest absolute Gasteiger partial charge is 0.483 e. The van der Waals surface area contributed by atoms with Crippen LogP contribution in [-0.4, -0.2) is 28.4 Å². The number of para-hydroxylation sites is 1. The summed E-state index contributed by atoms with van der Waals surface area (Å²) in [5, 5.41) is 7.35. The summed E-state index contributed by atoms with van der Waals surface area (Å²) in [7, 11) is 0. The molecule has 0 saturated carbocycles. The van der Waals surface area contributed by atoms with E-state index < -0.39 is 11.7 Å². The predicted octanol–water partition coefficient (Wildman–Crippen LogP) is 5.91. The molecular formula is C26H21Br2FN4O3. The fourth-order valence-electron chi connectivity index (χ4n) is 3.46. The second kappa shape index (κ2) is 11.6. The Kier molecular flexibility index (Phi) is 8.27. The molecule has 0 aliphatic heterocycles. The van der Waals surface area contributed by atoms with Crippen LogP contribution in [0.5, 0.6) is 5.75 Å². The zero-order chi connectivity index (χ0) is 25.7. The zero-order valence-corrected chi connectivity index (χ0v) is 22.3. The van der Waals surface area contributed by atoms with Crippen molar-refractivity contribution in [2.45, 2.75) is 19.8 Å². The highest BCUT2D eigenvalue weighted by atomic mass is 79.9. The lowest BCUT2D eigenvalue weighted by atomic mass is 10.2. The van der Waals surface area contributed by atoms with Crippen LogP contribution in [-0.2, 0) is 11.2 Å².